The first-order chi connectivity index (χ1) is 23.7. The van der Waals surface area contributed by atoms with Crippen LogP contribution in [0, 0.1) is 62.6 Å². The van der Waals surface area contributed by atoms with Crippen molar-refractivity contribution in [2.24, 2.45) is 62.6 Å². The summed E-state index contributed by atoms with van der Waals surface area (Å²) in [7, 11) is 0. The van der Waals surface area contributed by atoms with E-state index in [1.165, 1.54) is 70.6 Å². The highest BCUT2D eigenvalue weighted by molar-refractivity contribution is 5.73. The van der Waals surface area contributed by atoms with Crippen molar-refractivity contribution in [1.29, 1.82) is 0 Å². The first-order valence-corrected chi connectivity index (χ1v) is 20.3. The van der Waals surface area contributed by atoms with Crippen molar-refractivity contribution in [1.82, 2.24) is 0 Å². The van der Waals surface area contributed by atoms with Gasteiger partial charge in [0.2, 0.25) is 0 Å². The predicted molar refractivity (Wildman–Crippen MR) is 191 cm³/mol. The average Bonchev–Trinajstić information content (AvgIpc) is 3.41. The van der Waals surface area contributed by atoms with Crippen LogP contribution in [0.15, 0.2) is 0 Å². The monoisotopic (exact) mass is 722 g/mol. The fraction of sp³-hybridized carbons (Fsp3) is 0.976. The Bertz CT molecular complexity index is 1260. The molecule has 294 valence electrons. The maximum absolute atomic E-state index is 11.4. The Morgan fingerprint density at radius 2 is 1.35 bits per heavy atom. The predicted octanol–water partition coefficient (Wildman–Crippen LogP) is 4.89. The van der Waals surface area contributed by atoms with Gasteiger partial charge in [0.15, 0.2) is 12.4 Å². The summed E-state index contributed by atoms with van der Waals surface area (Å²) in [4.78, 5) is 11.4. The van der Waals surface area contributed by atoms with Crippen LogP contribution >= 0.6 is 0 Å². The van der Waals surface area contributed by atoms with E-state index in [9.17, 15) is 40.5 Å². The van der Waals surface area contributed by atoms with Crippen LogP contribution in [0.3, 0.4) is 0 Å². The van der Waals surface area contributed by atoms with E-state index in [0.29, 0.717) is 51.2 Å². The molecule has 1 aliphatic heterocycles. The summed E-state index contributed by atoms with van der Waals surface area (Å²) in [6, 6.07) is 0. The summed E-state index contributed by atoms with van der Waals surface area (Å²) in [6.07, 6.45) is 2.42. The highest BCUT2D eigenvalue weighted by Crippen LogP contribution is 2.78. The number of ether oxygens (including phenoxy) is 2. The van der Waals surface area contributed by atoms with Crippen LogP contribution in [0.25, 0.3) is 0 Å². The Kier molecular flexibility index (Phi) is 11.0. The number of aliphatic hydroxyl groups excluding tert-OH is 6. The third kappa shape index (κ3) is 6.35. The van der Waals surface area contributed by atoms with Crippen molar-refractivity contribution in [2.45, 2.75) is 181 Å². The van der Waals surface area contributed by atoms with Gasteiger partial charge in [0.1, 0.15) is 30.5 Å². The molecule has 7 N–H and O–H groups in total. The van der Waals surface area contributed by atoms with E-state index in [1.807, 2.05) is 0 Å². The Morgan fingerprint density at radius 3 is 2.00 bits per heavy atom. The van der Waals surface area contributed by atoms with Gasteiger partial charge in [-0.2, -0.15) is 0 Å². The number of hydrogen-bond donors (Lipinski definition) is 7. The maximum atomic E-state index is 11.4. The molecule has 51 heavy (non-hydrogen) atoms. The number of hydrogen-bond acceptors (Lipinski definition) is 9. The third-order valence-corrected chi connectivity index (χ3v) is 17.4. The molecule has 10 heteroatoms. The lowest BCUT2D eigenvalue weighted by Gasteiger charge is -2.73. The smallest absolute Gasteiger partial charge is 0.335 e. The molecule has 0 aromatic carbocycles. The molecule has 10 nitrogen and oxygen atoms in total. The fourth-order valence-corrected chi connectivity index (χ4v) is 14.6. The van der Waals surface area contributed by atoms with Crippen molar-refractivity contribution in [2.75, 3.05) is 6.61 Å². The standard InChI is InChI=1S/C41H70O10/c1-22(9-10-25(42)30(44)26(43)21-50-36-33(47)31(45)32(46)34(51-36)35(48)49)23-13-18-38(4)24(23)14-19-40(6)28(38)11-12-29-39(5)17-8-16-37(2,3)27(39)15-20-41(29,40)7/h22-34,36,42-47H,8-21H2,1-7H3,(H,48,49)/t22-,23-,24+,25-,26+,27-,28-,29-,30-,31+,32-,33-,34-,36-,38-,39-,40+,41+/m0/s1. The molecule has 6 rings (SSSR count). The molecule has 6 aliphatic rings. The van der Waals surface area contributed by atoms with E-state index in [2.05, 4.69) is 48.5 Å². The van der Waals surface area contributed by atoms with Crippen LogP contribution in [0.5, 0.6) is 0 Å². The van der Waals surface area contributed by atoms with Crippen LogP contribution in [-0.2, 0) is 14.3 Å². The number of rotatable bonds is 10. The lowest BCUT2D eigenvalue weighted by Crippen LogP contribution is -2.65. The molecule has 0 unspecified atom stereocenters. The number of carboxylic acids is 1. The summed E-state index contributed by atoms with van der Waals surface area (Å²) in [5, 5.41) is 71.6. The van der Waals surface area contributed by atoms with Crippen molar-refractivity contribution in [3.63, 3.8) is 0 Å². The number of aliphatic carboxylic acids is 1. The van der Waals surface area contributed by atoms with Gasteiger partial charge >= 0.3 is 5.97 Å². The Hall–Kier alpha value is -0.850. The Balaban J connectivity index is 1.05. The molecule has 0 radical (unpaired) electrons. The highest BCUT2D eigenvalue weighted by Gasteiger charge is 2.70. The van der Waals surface area contributed by atoms with Crippen molar-refractivity contribution in [3.8, 4) is 0 Å². The van der Waals surface area contributed by atoms with Crippen molar-refractivity contribution >= 4 is 5.97 Å². The zero-order valence-electron chi connectivity index (χ0n) is 32.3. The van der Waals surface area contributed by atoms with Gasteiger partial charge in [-0.25, -0.2) is 4.79 Å². The molecule has 18 atom stereocenters. The number of carboxylic acid groups (broad SMARTS) is 1. The Labute approximate surface area is 305 Å². The molecule has 5 aliphatic carbocycles. The minimum Gasteiger partial charge on any atom is -0.479 e. The van der Waals surface area contributed by atoms with Crippen LogP contribution in [0.4, 0.5) is 0 Å². The molecule has 1 saturated heterocycles. The zero-order chi connectivity index (χ0) is 37.5. The maximum Gasteiger partial charge on any atom is 0.335 e. The number of fused-ring (bicyclic) bond motifs is 7. The van der Waals surface area contributed by atoms with Gasteiger partial charge in [-0.1, -0.05) is 54.9 Å². The van der Waals surface area contributed by atoms with E-state index in [1.54, 1.807) is 0 Å². The molecular formula is C41H70O10. The molecule has 0 aromatic heterocycles. The van der Waals surface area contributed by atoms with Gasteiger partial charge in [-0.15, -0.1) is 0 Å². The van der Waals surface area contributed by atoms with Crippen LogP contribution in [0.2, 0.25) is 0 Å². The second kappa shape index (κ2) is 14.0. The molecule has 0 bridgehead atoms. The van der Waals surface area contributed by atoms with Crippen LogP contribution in [-0.4, -0.2) is 97.3 Å². The highest BCUT2D eigenvalue weighted by atomic mass is 16.7. The van der Waals surface area contributed by atoms with E-state index in [-0.39, 0.29) is 0 Å². The summed E-state index contributed by atoms with van der Waals surface area (Å²) in [6.45, 7) is 17.5. The molecule has 6 fully saturated rings. The summed E-state index contributed by atoms with van der Waals surface area (Å²) in [5.74, 6) is 2.38. The summed E-state index contributed by atoms with van der Waals surface area (Å²) < 4.78 is 10.4. The van der Waals surface area contributed by atoms with Crippen LogP contribution < -0.4 is 0 Å². The Morgan fingerprint density at radius 1 is 0.725 bits per heavy atom. The fourth-order valence-electron chi connectivity index (χ4n) is 14.6. The first-order valence-electron chi connectivity index (χ1n) is 20.3. The lowest BCUT2D eigenvalue weighted by molar-refractivity contribution is -0.299. The first kappa shape index (κ1) is 39.8. The van der Waals surface area contributed by atoms with E-state index in [0.717, 1.165) is 24.2 Å². The minimum absolute atomic E-state index is 0.310. The molecule has 0 spiro atoms. The average molecular weight is 723 g/mol. The molecule has 0 amide bonds. The quantitative estimate of drug-likeness (QED) is 0.164. The summed E-state index contributed by atoms with van der Waals surface area (Å²) >= 11 is 0. The molecule has 5 saturated carbocycles. The third-order valence-electron chi connectivity index (χ3n) is 17.4. The zero-order valence-corrected chi connectivity index (χ0v) is 32.3. The lowest BCUT2D eigenvalue weighted by atomic mass is 9.32. The second-order valence-corrected chi connectivity index (χ2v) is 20.1. The SMILES string of the molecule is C[C@@H](CC[C@H](O)[C@H](O)[C@H](O)CO[C@H]1O[C@H](C(=O)O)[C@@H](O)[C@@H](O)[C@@H]1O)[C@@H]1CC[C@@]2(C)[C@@H]1CC[C@]1(C)[C@H]2CC[C@H]2[C@@]3(C)CCCC(C)(C)[C@@H]3CC[C@]21C. The van der Waals surface area contributed by atoms with Gasteiger partial charge < -0.3 is 45.2 Å². The van der Waals surface area contributed by atoms with Gasteiger partial charge in [0.05, 0.1) is 12.7 Å². The van der Waals surface area contributed by atoms with E-state index < -0.39 is 61.6 Å². The number of aliphatic hydroxyl groups is 6. The van der Waals surface area contributed by atoms with Gasteiger partial charge in [-0.05, 0) is 140 Å². The second-order valence-electron chi connectivity index (χ2n) is 20.1. The molecule has 1 heterocycles. The summed E-state index contributed by atoms with van der Waals surface area (Å²) in [5.41, 5.74) is 1.91. The van der Waals surface area contributed by atoms with Crippen molar-refractivity contribution in [3.05, 3.63) is 0 Å². The van der Waals surface area contributed by atoms with E-state index >= 15 is 0 Å². The minimum atomic E-state index is -1.86. The molecular weight excluding hydrogens is 652 g/mol. The normalized spacial score (nSPS) is 50.1. The van der Waals surface area contributed by atoms with Gasteiger partial charge in [0, 0.05) is 0 Å². The van der Waals surface area contributed by atoms with Crippen molar-refractivity contribution < 1.29 is 50.0 Å². The molecule has 0 aromatic rings. The van der Waals surface area contributed by atoms with E-state index in [4.69, 9.17) is 9.47 Å². The topological polar surface area (TPSA) is 177 Å². The van der Waals surface area contributed by atoms with Gasteiger partial charge in [-0.3, -0.25) is 0 Å². The van der Waals surface area contributed by atoms with Gasteiger partial charge in [0.25, 0.3) is 0 Å². The largest absolute Gasteiger partial charge is 0.479 e. The number of carbonyl (C=O) groups is 1. The van der Waals surface area contributed by atoms with Crippen LogP contribution in [0.1, 0.15) is 132 Å².